The summed E-state index contributed by atoms with van der Waals surface area (Å²) in [5, 5.41) is 0. The van der Waals surface area contributed by atoms with Gasteiger partial charge in [-0.3, -0.25) is 0 Å². The van der Waals surface area contributed by atoms with Gasteiger partial charge in [0.05, 0.1) is 22.2 Å². The van der Waals surface area contributed by atoms with Crippen molar-refractivity contribution in [3.8, 4) is 0 Å². The second-order valence-electron chi connectivity index (χ2n) is 4.36. The van der Waals surface area contributed by atoms with Crippen molar-refractivity contribution in [2.45, 2.75) is 13.0 Å². The molecule has 1 atom stereocenters. The minimum Gasteiger partial charge on any atom is -0.368 e. The molecule has 0 amide bonds. The smallest absolute Gasteiger partial charge is 0.119 e. The van der Waals surface area contributed by atoms with Gasteiger partial charge < -0.3 is 9.14 Å². The maximum atomic E-state index is 5.71. The van der Waals surface area contributed by atoms with Crippen molar-refractivity contribution in [3.63, 3.8) is 0 Å². The molecule has 1 unspecified atom stereocenters. The van der Waals surface area contributed by atoms with E-state index in [0.717, 1.165) is 22.2 Å². The van der Waals surface area contributed by atoms with Gasteiger partial charge in [0.15, 0.2) is 0 Å². The molecule has 0 saturated heterocycles. The normalized spacial score (nSPS) is 12.9. The van der Waals surface area contributed by atoms with Gasteiger partial charge in [-0.05, 0) is 31.2 Å². The molecule has 3 heteroatoms. The van der Waals surface area contributed by atoms with Gasteiger partial charge >= 0.3 is 0 Å². The number of ether oxygens (including phenoxy) is 1. The fraction of sp³-hybridized carbons (Fsp3) is 0.188. The Morgan fingerprint density at radius 3 is 2.84 bits per heavy atom. The van der Waals surface area contributed by atoms with Gasteiger partial charge in [0.1, 0.15) is 6.10 Å². The van der Waals surface area contributed by atoms with Crippen molar-refractivity contribution in [1.82, 2.24) is 9.38 Å². The molecule has 0 aliphatic carbocycles. The molecule has 3 nitrogen and oxygen atoms in total. The topological polar surface area (TPSA) is 26.5 Å². The standard InChI is InChI=1S/C16H16N2O/c1-3-15(19-4-2)16-14-10-7-11-18(14)13-9-6-5-8-12(13)17-16/h3,5-11,15H,1,4H2,2H3. The third-order valence-corrected chi connectivity index (χ3v) is 3.22. The van der Waals surface area contributed by atoms with Gasteiger partial charge in [0, 0.05) is 12.8 Å². The van der Waals surface area contributed by atoms with Crippen LogP contribution < -0.4 is 0 Å². The minimum absolute atomic E-state index is 0.174. The fourth-order valence-corrected chi connectivity index (χ4v) is 2.40. The lowest BCUT2D eigenvalue weighted by Crippen LogP contribution is -2.06. The monoisotopic (exact) mass is 252 g/mol. The summed E-state index contributed by atoms with van der Waals surface area (Å²) in [6, 6.07) is 12.2. The number of hydrogen-bond donors (Lipinski definition) is 0. The summed E-state index contributed by atoms with van der Waals surface area (Å²) in [4.78, 5) is 4.75. The van der Waals surface area contributed by atoms with E-state index < -0.39 is 0 Å². The van der Waals surface area contributed by atoms with Crippen molar-refractivity contribution < 1.29 is 4.74 Å². The van der Waals surface area contributed by atoms with Crippen molar-refractivity contribution in [1.29, 1.82) is 0 Å². The molecule has 2 heterocycles. The molecule has 0 saturated carbocycles. The SMILES string of the molecule is C=CC(OCC)c1nc2ccccc2n2cccc12. The molecule has 0 spiro atoms. The van der Waals surface area contributed by atoms with Crippen molar-refractivity contribution in [3.05, 3.63) is 60.9 Å². The summed E-state index contributed by atoms with van der Waals surface area (Å²) in [5.41, 5.74) is 4.05. The Bertz CT molecular complexity index is 730. The molecule has 96 valence electrons. The Morgan fingerprint density at radius 1 is 1.26 bits per heavy atom. The van der Waals surface area contributed by atoms with Crippen LogP contribution in [0.2, 0.25) is 0 Å². The van der Waals surface area contributed by atoms with Crippen LogP contribution in [0.25, 0.3) is 16.6 Å². The molecule has 3 rings (SSSR count). The van der Waals surface area contributed by atoms with Crippen LogP contribution in [-0.2, 0) is 4.74 Å². The van der Waals surface area contributed by atoms with E-state index in [1.165, 1.54) is 0 Å². The van der Waals surface area contributed by atoms with Crippen LogP contribution in [0.15, 0.2) is 55.3 Å². The molecule has 0 fully saturated rings. The molecule has 0 radical (unpaired) electrons. The van der Waals surface area contributed by atoms with E-state index in [2.05, 4.69) is 29.3 Å². The second kappa shape index (κ2) is 4.86. The molecular formula is C16H16N2O. The Labute approximate surface area is 112 Å². The summed E-state index contributed by atoms with van der Waals surface area (Å²) in [6.45, 7) is 6.47. The third kappa shape index (κ3) is 1.92. The molecule has 3 aromatic rings. The number of aromatic nitrogens is 2. The van der Waals surface area contributed by atoms with E-state index in [4.69, 9.17) is 9.72 Å². The number of hydrogen-bond acceptors (Lipinski definition) is 2. The quantitative estimate of drug-likeness (QED) is 0.661. The first kappa shape index (κ1) is 11.9. The van der Waals surface area contributed by atoms with Gasteiger partial charge in [0.2, 0.25) is 0 Å². The van der Waals surface area contributed by atoms with Crippen LogP contribution in [0, 0.1) is 0 Å². The lowest BCUT2D eigenvalue weighted by molar-refractivity contribution is 0.0951. The van der Waals surface area contributed by atoms with E-state index in [9.17, 15) is 0 Å². The number of para-hydroxylation sites is 2. The number of rotatable bonds is 4. The Morgan fingerprint density at radius 2 is 2.05 bits per heavy atom. The van der Waals surface area contributed by atoms with Crippen LogP contribution in [0.5, 0.6) is 0 Å². The average Bonchev–Trinajstić information content (AvgIpc) is 2.94. The van der Waals surface area contributed by atoms with Crippen molar-refractivity contribution in [2.24, 2.45) is 0 Å². The van der Waals surface area contributed by atoms with Gasteiger partial charge in [-0.1, -0.05) is 18.2 Å². The highest BCUT2D eigenvalue weighted by Crippen LogP contribution is 2.25. The molecular weight excluding hydrogens is 236 g/mol. The zero-order valence-electron chi connectivity index (χ0n) is 10.9. The summed E-state index contributed by atoms with van der Waals surface area (Å²) in [5.74, 6) is 0. The fourth-order valence-electron chi connectivity index (χ4n) is 2.40. The van der Waals surface area contributed by atoms with E-state index in [1.54, 1.807) is 6.08 Å². The lowest BCUT2D eigenvalue weighted by atomic mass is 10.2. The molecule has 1 aromatic carbocycles. The summed E-state index contributed by atoms with van der Waals surface area (Å²) in [6.07, 6.45) is 3.68. The first-order chi connectivity index (χ1) is 9.35. The summed E-state index contributed by atoms with van der Waals surface area (Å²) in [7, 11) is 0. The van der Waals surface area contributed by atoms with Crippen LogP contribution >= 0.6 is 0 Å². The Hall–Kier alpha value is -2.13. The average molecular weight is 252 g/mol. The van der Waals surface area contributed by atoms with Gasteiger partial charge in [0.25, 0.3) is 0 Å². The molecule has 2 aromatic heterocycles. The summed E-state index contributed by atoms with van der Waals surface area (Å²) < 4.78 is 7.86. The zero-order valence-corrected chi connectivity index (χ0v) is 10.9. The highest BCUT2D eigenvalue weighted by Gasteiger charge is 2.15. The molecule has 0 bridgehead atoms. The molecule has 0 aliphatic rings. The largest absolute Gasteiger partial charge is 0.368 e. The van der Waals surface area contributed by atoms with Crippen molar-refractivity contribution in [2.75, 3.05) is 6.61 Å². The number of benzene rings is 1. The van der Waals surface area contributed by atoms with E-state index in [0.29, 0.717) is 6.61 Å². The highest BCUT2D eigenvalue weighted by atomic mass is 16.5. The van der Waals surface area contributed by atoms with Gasteiger partial charge in [-0.15, -0.1) is 6.58 Å². The van der Waals surface area contributed by atoms with Gasteiger partial charge in [-0.2, -0.15) is 0 Å². The van der Waals surface area contributed by atoms with Crippen LogP contribution in [0.3, 0.4) is 0 Å². The first-order valence-corrected chi connectivity index (χ1v) is 6.45. The highest BCUT2D eigenvalue weighted by molar-refractivity contribution is 5.79. The van der Waals surface area contributed by atoms with Crippen LogP contribution in [0.1, 0.15) is 18.7 Å². The third-order valence-electron chi connectivity index (χ3n) is 3.22. The number of nitrogens with zero attached hydrogens (tertiary/aromatic N) is 2. The Balaban J connectivity index is 2.32. The second-order valence-corrected chi connectivity index (χ2v) is 4.36. The summed E-state index contributed by atoms with van der Waals surface area (Å²) >= 11 is 0. The van der Waals surface area contributed by atoms with Gasteiger partial charge in [-0.25, -0.2) is 4.98 Å². The molecule has 19 heavy (non-hydrogen) atoms. The van der Waals surface area contributed by atoms with E-state index in [-0.39, 0.29) is 6.10 Å². The maximum absolute atomic E-state index is 5.71. The molecule has 0 N–H and O–H groups in total. The molecule has 0 aliphatic heterocycles. The number of fused-ring (bicyclic) bond motifs is 3. The maximum Gasteiger partial charge on any atom is 0.119 e. The zero-order chi connectivity index (χ0) is 13.2. The minimum atomic E-state index is -0.174. The predicted molar refractivity (Wildman–Crippen MR) is 77.3 cm³/mol. The first-order valence-electron chi connectivity index (χ1n) is 6.45. The predicted octanol–water partition coefficient (Wildman–Crippen LogP) is 3.75. The van der Waals surface area contributed by atoms with E-state index in [1.807, 2.05) is 31.2 Å². The lowest BCUT2D eigenvalue weighted by Gasteiger charge is -2.15. The van der Waals surface area contributed by atoms with Crippen LogP contribution in [-0.4, -0.2) is 16.0 Å². The van der Waals surface area contributed by atoms with E-state index >= 15 is 0 Å². The van der Waals surface area contributed by atoms with Crippen LogP contribution in [0.4, 0.5) is 0 Å². The Kier molecular flexibility index (Phi) is 3.05. The van der Waals surface area contributed by atoms with Crippen molar-refractivity contribution >= 4 is 16.6 Å².